The Kier molecular flexibility index (Phi) is 5.62. The summed E-state index contributed by atoms with van der Waals surface area (Å²) in [7, 11) is 0. The van der Waals surface area contributed by atoms with E-state index in [0.29, 0.717) is 31.0 Å². The Balaban J connectivity index is 1.38. The monoisotopic (exact) mass is 396 g/mol. The van der Waals surface area contributed by atoms with Gasteiger partial charge in [0, 0.05) is 24.5 Å². The number of likely N-dealkylation sites (tertiary alicyclic amines) is 1. The van der Waals surface area contributed by atoms with E-state index in [2.05, 4.69) is 15.1 Å². The molecule has 1 aromatic carbocycles. The number of ether oxygens (including phenoxy) is 1. The first-order chi connectivity index (χ1) is 14.1. The summed E-state index contributed by atoms with van der Waals surface area (Å²) in [4.78, 5) is 22.1. The number of amides is 1. The van der Waals surface area contributed by atoms with Crippen LogP contribution in [-0.4, -0.2) is 45.6 Å². The molecule has 0 bridgehead atoms. The third-order valence-electron chi connectivity index (χ3n) is 4.88. The topological polar surface area (TPSA) is 81.4 Å². The maximum absolute atomic E-state index is 15.6. The van der Waals surface area contributed by atoms with Crippen molar-refractivity contribution < 1.29 is 18.4 Å². The maximum atomic E-state index is 15.6. The molecule has 3 aromatic rings. The minimum atomic E-state index is -1.87. The molecule has 0 saturated carbocycles. The lowest BCUT2D eigenvalue weighted by atomic mass is 9.94. The SMILES string of the molecule is O=C(COCc1ccccc1)N1CCCC(F)(c2nc(-c3ccncc3)no2)C1. The molecule has 8 heteroatoms. The van der Waals surface area contributed by atoms with Gasteiger partial charge in [-0.3, -0.25) is 9.78 Å². The highest BCUT2D eigenvalue weighted by Crippen LogP contribution is 2.35. The summed E-state index contributed by atoms with van der Waals surface area (Å²) in [6.45, 7) is 0.584. The number of benzene rings is 1. The third-order valence-corrected chi connectivity index (χ3v) is 4.88. The smallest absolute Gasteiger partial charge is 0.266 e. The molecule has 1 amide bonds. The number of carbonyl (C=O) groups excluding carboxylic acids is 1. The number of pyridine rings is 1. The van der Waals surface area contributed by atoms with E-state index in [4.69, 9.17) is 9.26 Å². The molecule has 7 nitrogen and oxygen atoms in total. The first-order valence-electron chi connectivity index (χ1n) is 9.47. The molecule has 1 saturated heterocycles. The average molecular weight is 396 g/mol. The lowest BCUT2D eigenvalue weighted by Crippen LogP contribution is -2.47. The molecular formula is C21H21FN4O3. The number of aromatic nitrogens is 3. The fourth-order valence-electron chi connectivity index (χ4n) is 3.34. The van der Waals surface area contributed by atoms with E-state index in [1.807, 2.05) is 30.3 Å². The summed E-state index contributed by atoms with van der Waals surface area (Å²) in [5.41, 5.74) is -0.198. The average Bonchev–Trinajstić information content (AvgIpc) is 3.26. The fourth-order valence-corrected chi connectivity index (χ4v) is 3.34. The van der Waals surface area contributed by atoms with E-state index >= 15 is 4.39 Å². The second-order valence-electron chi connectivity index (χ2n) is 7.02. The Labute approximate surface area is 167 Å². The second kappa shape index (κ2) is 8.48. The fraction of sp³-hybridized carbons (Fsp3) is 0.333. The van der Waals surface area contributed by atoms with Crippen molar-refractivity contribution in [3.8, 4) is 11.4 Å². The summed E-state index contributed by atoms with van der Waals surface area (Å²) >= 11 is 0. The number of rotatable bonds is 6. The molecular weight excluding hydrogens is 375 g/mol. The van der Waals surface area contributed by atoms with Crippen LogP contribution in [0.2, 0.25) is 0 Å². The van der Waals surface area contributed by atoms with Crippen molar-refractivity contribution in [3.63, 3.8) is 0 Å². The highest BCUT2D eigenvalue weighted by molar-refractivity contribution is 5.77. The quantitative estimate of drug-likeness (QED) is 0.637. The van der Waals surface area contributed by atoms with E-state index in [9.17, 15) is 4.79 Å². The number of piperidine rings is 1. The van der Waals surface area contributed by atoms with Crippen LogP contribution in [0.15, 0.2) is 59.4 Å². The summed E-state index contributed by atoms with van der Waals surface area (Å²) in [6, 6.07) is 13.0. The summed E-state index contributed by atoms with van der Waals surface area (Å²) < 4.78 is 26.3. The van der Waals surface area contributed by atoms with Crippen molar-refractivity contribution in [1.82, 2.24) is 20.0 Å². The van der Waals surface area contributed by atoms with Crippen LogP contribution in [0.1, 0.15) is 24.3 Å². The van der Waals surface area contributed by atoms with Gasteiger partial charge in [-0.25, -0.2) is 4.39 Å². The first-order valence-corrected chi connectivity index (χ1v) is 9.47. The van der Waals surface area contributed by atoms with E-state index in [1.165, 1.54) is 4.90 Å². The van der Waals surface area contributed by atoms with Gasteiger partial charge in [-0.1, -0.05) is 35.5 Å². The van der Waals surface area contributed by atoms with Gasteiger partial charge in [-0.05, 0) is 30.5 Å². The molecule has 1 fully saturated rings. The minimum absolute atomic E-state index is 0.100. The van der Waals surface area contributed by atoms with Crippen LogP contribution in [0, 0.1) is 0 Å². The lowest BCUT2D eigenvalue weighted by molar-refractivity contribution is -0.141. The third kappa shape index (κ3) is 4.48. The number of halogens is 1. The summed E-state index contributed by atoms with van der Waals surface area (Å²) in [6.07, 6.45) is 3.94. The van der Waals surface area contributed by atoms with E-state index in [1.54, 1.807) is 24.5 Å². The zero-order valence-corrected chi connectivity index (χ0v) is 15.8. The zero-order valence-electron chi connectivity index (χ0n) is 15.8. The maximum Gasteiger partial charge on any atom is 0.266 e. The van der Waals surface area contributed by atoms with Crippen LogP contribution in [-0.2, 0) is 21.8 Å². The highest BCUT2D eigenvalue weighted by atomic mass is 19.1. The van der Waals surface area contributed by atoms with Crippen molar-refractivity contribution in [3.05, 3.63) is 66.3 Å². The first kappa shape index (κ1) is 19.2. The van der Waals surface area contributed by atoms with Crippen molar-refractivity contribution in [2.45, 2.75) is 25.1 Å². The number of hydrogen-bond acceptors (Lipinski definition) is 6. The normalized spacial score (nSPS) is 19.3. The molecule has 2 aromatic heterocycles. The van der Waals surface area contributed by atoms with Crippen molar-refractivity contribution in [2.75, 3.05) is 19.7 Å². The molecule has 3 heterocycles. The van der Waals surface area contributed by atoms with Gasteiger partial charge in [0.15, 0.2) is 0 Å². The van der Waals surface area contributed by atoms with E-state index < -0.39 is 5.67 Å². The Hall–Kier alpha value is -3.13. The van der Waals surface area contributed by atoms with Gasteiger partial charge in [0.25, 0.3) is 5.89 Å². The Morgan fingerprint density at radius 2 is 2.00 bits per heavy atom. The van der Waals surface area contributed by atoms with Gasteiger partial charge in [0.05, 0.1) is 13.2 Å². The molecule has 1 atom stereocenters. The van der Waals surface area contributed by atoms with E-state index in [-0.39, 0.29) is 31.4 Å². The minimum Gasteiger partial charge on any atom is -0.367 e. The van der Waals surface area contributed by atoms with Crippen LogP contribution >= 0.6 is 0 Å². The predicted molar refractivity (Wildman–Crippen MR) is 102 cm³/mol. The predicted octanol–water partition coefficient (Wildman–Crippen LogP) is 3.14. The van der Waals surface area contributed by atoms with Crippen LogP contribution in [0.3, 0.4) is 0 Å². The number of alkyl halides is 1. The van der Waals surface area contributed by atoms with Gasteiger partial charge < -0.3 is 14.2 Å². The Morgan fingerprint density at radius 3 is 2.79 bits per heavy atom. The Bertz CT molecular complexity index is 951. The summed E-state index contributed by atoms with van der Waals surface area (Å²) in [5.74, 6) is -0.0578. The zero-order chi connectivity index (χ0) is 20.1. The van der Waals surface area contributed by atoms with Gasteiger partial charge in [0.2, 0.25) is 17.4 Å². The van der Waals surface area contributed by atoms with Crippen LogP contribution in [0.5, 0.6) is 0 Å². The van der Waals surface area contributed by atoms with Gasteiger partial charge in [-0.2, -0.15) is 4.98 Å². The molecule has 0 radical (unpaired) electrons. The van der Waals surface area contributed by atoms with Gasteiger partial charge >= 0.3 is 0 Å². The molecule has 0 spiro atoms. The van der Waals surface area contributed by atoms with Crippen LogP contribution in [0.4, 0.5) is 4.39 Å². The van der Waals surface area contributed by atoms with E-state index in [0.717, 1.165) is 5.56 Å². The number of carbonyl (C=O) groups is 1. The van der Waals surface area contributed by atoms with Crippen LogP contribution < -0.4 is 0 Å². The van der Waals surface area contributed by atoms with Gasteiger partial charge in [0.1, 0.15) is 6.61 Å². The molecule has 0 N–H and O–H groups in total. The summed E-state index contributed by atoms with van der Waals surface area (Å²) in [5, 5.41) is 3.88. The highest BCUT2D eigenvalue weighted by Gasteiger charge is 2.43. The van der Waals surface area contributed by atoms with Crippen LogP contribution in [0.25, 0.3) is 11.4 Å². The number of nitrogens with zero attached hydrogens (tertiary/aromatic N) is 4. The lowest BCUT2D eigenvalue weighted by Gasteiger charge is -2.35. The van der Waals surface area contributed by atoms with Crippen molar-refractivity contribution in [1.29, 1.82) is 0 Å². The molecule has 150 valence electrons. The standard InChI is InChI=1S/C21H21FN4O3/c22-21(20-24-19(25-29-20)17-7-10-23-11-8-17)9-4-12-26(15-21)18(27)14-28-13-16-5-2-1-3-6-16/h1-3,5-8,10-11H,4,9,12-15H2. The number of hydrogen-bond donors (Lipinski definition) is 0. The molecule has 29 heavy (non-hydrogen) atoms. The largest absolute Gasteiger partial charge is 0.367 e. The molecule has 0 aliphatic carbocycles. The van der Waals surface area contributed by atoms with Crippen molar-refractivity contribution in [2.24, 2.45) is 0 Å². The van der Waals surface area contributed by atoms with Crippen molar-refractivity contribution >= 4 is 5.91 Å². The second-order valence-corrected chi connectivity index (χ2v) is 7.02. The molecule has 1 aliphatic heterocycles. The molecule has 1 aliphatic rings. The molecule has 1 unspecified atom stereocenters. The Morgan fingerprint density at radius 1 is 1.21 bits per heavy atom. The van der Waals surface area contributed by atoms with Gasteiger partial charge in [-0.15, -0.1) is 0 Å². The molecule has 4 rings (SSSR count).